The largest absolute Gasteiger partial charge is 0.489 e. The van der Waals surface area contributed by atoms with Gasteiger partial charge in [0, 0.05) is 18.9 Å². The lowest BCUT2D eigenvalue weighted by atomic mass is 10.2. The van der Waals surface area contributed by atoms with Crippen molar-refractivity contribution >= 4 is 0 Å². The summed E-state index contributed by atoms with van der Waals surface area (Å²) in [6.45, 7) is 5.08. The highest BCUT2D eigenvalue weighted by Crippen LogP contribution is 2.18. The van der Waals surface area contributed by atoms with E-state index in [1.165, 1.54) is 0 Å². The van der Waals surface area contributed by atoms with Crippen LogP contribution in [0, 0.1) is 0 Å². The predicted molar refractivity (Wildman–Crippen MR) is 67.7 cm³/mol. The zero-order chi connectivity index (χ0) is 13.4. The van der Waals surface area contributed by atoms with Gasteiger partial charge in [0.25, 0.3) is 0 Å². The summed E-state index contributed by atoms with van der Waals surface area (Å²) in [5, 5.41) is 9.92. The minimum atomic E-state index is -0.704. The number of rotatable bonds is 8. The van der Waals surface area contributed by atoms with Crippen molar-refractivity contribution in [2.75, 3.05) is 26.9 Å². The summed E-state index contributed by atoms with van der Waals surface area (Å²) in [5.41, 5.74) is 0.686. The van der Waals surface area contributed by atoms with Gasteiger partial charge in [-0.05, 0) is 19.9 Å². The first-order valence-electron chi connectivity index (χ1n) is 6.00. The SMILES string of the molecule is COCCOCC(O)c1cncc(OC(C)C)c1. The summed E-state index contributed by atoms with van der Waals surface area (Å²) in [5.74, 6) is 0.651. The van der Waals surface area contributed by atoms with E-state index in [1.54, 1.807) is 25.6 Å². The molecule has 0 amide bonds. The van der Waals surface area contributed by atoms with Gasteiger partial charge in [-0.1, -0.05) is 0 Å². The lowest BCUT2D eigenvalue weighted by Gasteiger charge is -2.14. The highest BCUT2D eigenvalue weighted by molar-refractivity contribution is 5.25. The van der Waals surface area contributed by atoms with Crippen LogP contribution >= 0.6 is 0 Å². The zero-order valence-electron chi connectivity index (χ0n) is 11.1. The molecule has 0 spiro atoms. The van der Waals surface area contributed by atoms with Crippen molar-refractivity contribution in [2.24, 2.45) is 0 Å². The van der Waals surface area contributed by atoms with Gasteiger partial charge in [-0.15, -0.1) is 0 Å². The first-order valence-corrected chi connectivity index (χ1v) is 6.00. The van der Waals surface area contributed by atoms with Crippen molar-refractivity contribution in [2.45, 2.75) is 26.1 Å². The molecule has 18 heavy (non-hydrogen) atoms. The summed E-state index contributed by atoms with van der Waals surface area (Å²) in [7, 11) is 1.61. The van der Waals surface area contributed by atoms with Crippen molar-refractivity contribution in [3.05, 3.63) is 24.0 Å². The molecule has 0 aliphatic heterocycles. The van der Waals surface area contributed by atoms with Crippen molar-refractivity contribution < 1.29 is 19.3 Å². The Kier molecular flexibility index (Phi) is 6.64. The highest BCUT2D eigenvalue weighted by atomic mass is 16.5. The quantitative estimate of drug-likeness (QED) is 0.714. The fourth-order valence-corrected chi connectivity index (χ4v) is 1.39. The maximum Gasteiger partial charge on any atom is 0.138 e. The van der Waals surface area contributed by atoms with Crippen LogP contribution in [-0.4, -0.2) is 43.1 Å². The van der Waals surface area contributed by atoms with Crippen LogP contribution in [-0.2, 0) is 9.47 Å². The fraction of sp³-hybridized carbons (Fsp3) is 0.615. The lowest BCUT2D eigenvalue weighted by Crippen LogP contribution is -2.11. The highest BCUT2D eigenvalue weighted by Gasteiger charge is 2.10. The second-order valence-corrected chi connectivity index (χ2v) is 4.20. The molecule has 1 N–H and O–H groups in total. The maximum atomic E-state index is 9.92. The Balaban J connectivity index is 2.48. The van der Waals surface area contributed by atoms with Gasteiger partial charge in [0.15, 0.2) is 0 Å². The molecule has 0 aliphatic carbocycles. The molecule has 1 heterocycles. The average molecular weight is 255 g/mol. The standard InChI is InChI=1S/C13H21NO4/c1-10(2)18-12-6-11(7-14-8-12)13(15)9-17-5-4-16-3/h6-8,10,13,15H,4-5,9H2,1-3H3. The van der Waals surface area contributed by atoms with Crippen molar-refractivity contribution in [3.8, 4) is 5.75 Å². The molecule has 0 fully saturated rings. The monoisotopic (exact) mass is 255 g/mol. The number of nitrogens with zero attached hydrogens (tertiary/aromatic N) is 1. The van der Waals surface area contributed by atoms with Crippen LogP contribution in [0.3, 0.4) is 0 Å². The van der Waals surface area contributed by atoms with Crippen LogP contribution in [0.4, 0.5) is 0 Å². The van der Waals surface area contributed by atoms with Crippen LogP contribution < -0.4 is 4.74 Å². The Morgan fingerprint density at radius 1 is 1.28 bits per heavy atom. The number of ether oxygens (including phenoxy) is 3. The van der Waals surface area contributed by atoms with Gasteiger partial charge in [0.2, 0.25) is 0 Å². The van der Waals surface area contributed by atoms with Gasteiger partial charge >= 0.3 is 0 Å². The first kappa shape index (κ1) is 14.9. The number of aromatic nitrogens is 1. The van der Waals surface area contributed by atoms with Crippen LogP contribution in [0.15, 0.2) is 18.5 Å². The van der Waals surface area contributed by atoms with E-state index in [-0.39, 0.29) is 12.7 Å². The van der Waals surface area contributed by atoms with Crippen molar-refractivity contribution in [1.82, 2.24) is 4.98 Å². The molecule has 5 nitrogen and oxygen atoms in total. The second kappa shape index (κ2) is 8.02. The van der Waals surface area contributed by atoms with Gasteiger partial charge in [-0.25, -0.2) is 0 Å². The molecule has 1 rings (SSSR count). The average Bonchev–Trinajstić information content (AvgIpc) is 2.34. The smallest absolute Gasteiger partial charge is 0.138 e. The summed E-state index contributed by atoms with van der Waals surface area (Å²) >= 11 is 0. The summed E-state index contributed by atoms with van der Waals surface area (Å²) in [4.78, 5) is 4.04. The topological polar surface area (TPSA) is 60.8 Å². The van der Waals surface area contributed by atoms with Gasteiger partial charge < -0.3 is 19.3 Å². The Morgan fingerprint density at radius 2 is 2.06 bits per heavy atom. The Bertz CT molecular complexity index is 344. The molecule has 102 valence electrons. The third-order valence-corrected chi connectivity index (χ3v) is 2.20. The maximum absolute atomic E-state index is 9.92. The van der Waals surface area contributed by atoms with Crippen LogP contribution in [0.1, 0.15) is 25.5 Å². The third-order valence-electron chi connectivity index (χ3n) is 2.20. The van der Waals surface area contributed by atoms with E-state index in [0.717, 1.165) is 0 Å². The molecular weight excluding hydrogens is 234 g/mol. The van der Waals surface area contributed by atoms with Crippen LogP contribution in [0.5, 0.6) is 5.75 Å². The zero-order valence-corrected chi connectivity index (χ0v) is 11.1. The van der Waals surface area contributed by atoms with Gasteiger partial charge in [-0.2, -0.15) is 0 Å². The number of aliphatic hydroxyl groups is 1. The lowest BCUT2D eigenvalue weighted by molar-refractivity contribution is 0.0124. The molecule has 0 aromatic carbocycles. The molecule has 0 saturated carbocycles. The molecule has 1 unspecified atom stereocenters. The van der Waals surface area contributed by atoms with E-state index in [1.807, 2.05) is 13.8 Å². The summed E-state index contributed by atoms with van der Waals surface area (Å²) in [6, 6.07) is 1.78. The Morgan fingerprint density at radius 3 is 2.72 bits per heavy atom. The number of hydrogen-bond donors (Lipinski definition) is 1. The van der Waals surface area contributed by atoms with Crippen LogP contribution in [0.25, 0.3) is 0 Å². The van der Waals surface area contributed by atoms with Gasteiger partial charge in [-0.3, -0.25) is 4.98 Å². The molecule has 5 heteroatoms. The second-order valence-electron chi connectivity index (χ2n) is 4.20. The first-order chi connectivity index (χ1) is 8.63. The van der Waals surface area contributed by atoms with Crippen LogP contribution in [0.2, 0.25) is 0 Å². The van der Waals surface area contributed by atoms with Gasteiger partial charge in [0.05, 0.1) is 32.1 Å². The molecule has 1 atom stereocenters. The van der Waals surface area contributed by atoms with Gasteiger partial charge in [0.1, 0.15) is 11.9 Å². The molecule has 1 aromatic heterocycles. The minimum absolute atomic E-state index is 0.0807. The fourth-order valence-electron chi connectivity index (χ4n) is 1.39. The molecule has 0 aliphatic rings. The molecule has 0 bridgehead atoms. The van der Waals surface area contributed by atoms with E-state index < -0.39 is 6.10 Å². The normalized spacial score (nSPS) is 12.7. The Labute approximate surface area is 108 Å². The number of aliphatic hydroxyl groups excluding tert-OH is 1. The van der Waals surface area contributed by atoms with E-state index in [9.17, 15) is 5.11 Å². The third kappa shape index (κ3) is 5.44. The van der Waals surface area contributed by atoms with E-state index in [0.29, 0.717) is 24.5 Å². The number of hydrogen-bond acceptors (Lipinski definition) is 5. The van der Waals surface area contributed by atoms with Crippen molar-refractivity contribution in [1.29, 1.82) is 0 Å². The molecule has 1 aromatic rings. The van der Waals surface area contributed by atoms with E-state index in [4.69, 9.17) is 14.2 Å². The predicted octanol–water partition coefficient (Wildman–Crippen LogP) is 1.57. The number of methoxy groups -OCH3 is 1. The summed E-state index contributed by atoms with van der Waals surface area (Å²) < 4.78 is 15.6. The number of pyridine rings is 1. The molecule has 0 radical (unpaired) electrons. The van der Waals surface area contributed by atoms with Crippen molar-refractivity contribution in [3.63, 3.8) is 0 Å². The molecule has 0 saturated heterocycles. The molecular formula is C13H21NO4. The van der Waals surface area contributed by atoms with E-state index in [2.05, 4.69) is 4.98 Å². The summed E-state index contributed by atoms with van der Waals surface area (Å²) in [6.07, 6.45) is 2.61. The minimum Gasteiger partial charge on any atom is -0.489 e. The van der Waals surface area contributed by atoms with E-state index >= 15 is 0 Å². The Hall–Kier alpha value is -1.17.